The van der Waals surface area contributed by atoms with Gasteiger partial charge < -0.3 is 15.4 Å². The number of benzene rings is 3. The van der Waals surface area contributed by atoms with Gasteiger partial charge >= 0.3 is 0 Å². The van der Waals surface area contributed by atoms with Gasteiger partial charge in [-0.1, -0.05) is 41.4 Å². The van der Waals surface area contributed by atoms with E-state index in [0.29, 0.717) is 10.0 Å². The van der Waals surface area contributed by atoms with Crippen molar-refractivity contribution in [2.75, 3.05) is 17.7 Å². The van der Waals surface area contributed by atoms with Gasteiger partial charge in [0.25, 0.3) is 0 Å². The fourth-order valence-corrected chi connectivity index (χ4v) is 3.20. The van der Waals surface area contributed by atoms with E-state index < -0.39 is 0 Å². The van der Waals surface area contributed by atoms with Gasteiger partial charge in [-0.15, -0.1) is 0 Å². The van der Waals surface area contributed by atoms with Crippen LogP contribution in [0.1, 0.15) is 0 Å². The minimum absolute atomic E-state index is 0.491. The first-order chi connectivity index (χ1) is 13.6. The number of hydrogen-bond acceptors (Lipinski definition) is 4. The summed E-state index contributed by atoms with van der Waals surface area (Å²) in [6.45, 7) is 0. The number of nitrogens with zero attached hydrogens (tertiary/aromatic N) is 1. The summed E-state index contributed by atoms with van der Waals surface area (Å²) in [5, 5.41) is 8.69. The highest BCUT2D eigenvalue weighted by molar-refractivity contribution is 6.42. The Balaban J connectivity index is 1.79. The Hall–Kier alpha value is -2.95. The van der Waals surface area contributed by atoms with Crippen molar-refractivity contribution in [1.82, 2.24) is 4.98 Å². The lowest BCUT2D eigenvalue weighted by Gasteiger charge is -2.14. The molecule has 0 saturated carbocycles. The van der Waals surface area contributed by atoms with E-state index in [1.165, 1.54) is 0 Å². The quantitative estimate of drug-likeness (QED) is 0.371. The molecule has 3 aromatic carbocycles. The first-order valence-electron chi connectivity index (χ1n) is 8.65. The summed E-state index contributed by atoms with van der Waals surface area (Å²) in [6, 6.07) is 23.1. The summed E-state index contributed by atoms with van der Waals surface area (Å²) in [7, 11) is 1.64. The Morgan fingerprint density at radius 1 is 0.786 bits per heavy atom. The molecule has 0 saturated heterocycles. The van der Waals surface area contributed by atoms with Crippen LogP contribution in [0.2, 0.25) is 10.0 Å². The number of rotatable bonds is 5. The lowest BCUT2D eigenvalue weighted by Crippen LogP contribution is -1.98. The largest absolute Gasteiger partial charge is 0.497 e. The lowest BCUT2D eigenvalue weighted by atomic mass is 10.1. The van der Waals surface area contributed by atoms with E-state index in [1.54, 1.807) is 19.2 Å². The van der Waals surface area contributed by atoms with Crippen LogP contribution in [0.3, 0.4) is 0 Å². The summed E-state index contributed by atoms with van der Waals surface area (Å²) in [4.78, 5) is 4.73. The van der Waals surface area contributed by atoms with Crippen molar-refractivity contribution in [1.29, 1.82) is 0 Å². The van der Waals surface area contributed by atoms with Crippen LogP contribution in [0.5, 0.6) is 5.75 Å². The Kier molecular flexibility index (Phi) is 5.24. The minimum Gasteiger partial charge on any atom is -0.497 e. The molecule has 1 aromatic heterocycles. The molecule has 4 rings (SSSR count). The van der Waals surface area contributed by atoms with Crippen LogP contribution in [0, 0.1) is 0 Å². The van der Waals surface area contributed by atoms with Gasteiger partial charge in [-0.25, -0.2) is 4.98 Å². The first kappa shape index (κ1) is 18.4. The number of nitrogens with one attached hydrogen (secondary N) is 2. The second-order valence-electron chi connectivity index (χ2n) is 6.18. The third-order valence-electron chi connectivity index (χ3n) is 4.26. The number of pyridine rings is 1. The number of para-hydroxylation sites is 1. The molecule has 4 nitrogen and oxygen atoms in total. The van der Waals surface area contributed by atoms with Crippen LogP contribution in [0.15, 0.2) is 72.8 Å². The molecule has 0 aliphatic rings. The van der Waals surface area contributed by atoms with E-state index in [-0.39, 0.29) is 0 Å². The van der Waals surface area contributed by atoms with Gasteiger partial charge in [0, 0.05) is 22.8 Å². The predicted octanol–water partition coefficient (Wildman–Crippen LogP) is 7.04. The molecule has 6 heteroatoms. The zero-order valence-electron chi connectivity index (χ0n) is 15.0. The van der Waals surface area contributed by atoms with Crippen molar-refractivity contribution < 1.29 is 4.74 Å². The van der Waals surface area contributed by atoms with Crippen molar-refractivity contribution >= 4 is 57.0 Å². The van der Waals surface area contributed by atoms with Crippen LogP contribution < -0.4 is 15.4 Å². The summed E-state index contributed by atoms with van der Waals surface area (Å²) in [6.07, 6.45) is 0. The summed E-state index contributed by atoms with van der Waals surface area (Å²) in [5.41, 5.74) is 3.50. The smallest absolute Gasteiger partial charge is 0.133 e. The van der Waals surface area contributed by atoms with Gasteiger partial charge in [0.2, 0.25) is 0 Å². The molecule has 0 spiro atoms. The van der Waals surface area contributed by atoms with Gasteiger partial charge in [-0.2, -0.15) is 0 Å². The molecule has 0 radical (unpaired) electrons. The Bertz CT molecular complexity index is 1130. The van der Waals surface area contributed by atoms with Crippen molar-refractivity contribution in [3.63, 3.8) is 0 Å². The molecule has 0 atom stereocenters. The van der Waals surface area contributed by atoms with Crippen molar-refractivity contribution in [3.05, 3.63) is 82.8 Å². The molecular formula is C22H17Cl2N3O. The maximum Gasteiger partial charge on any atom is 0.133 e. The molecule has 28 heavy (non-hydrogen) atoms. The van der Waals surface area contributed by atoms with Gasteiger partial charge in [-0.3, -0.25) is 0 Å². The fourth-order valence-electron chi connectivity index (χ4n) is 2.90. The second-order valence-corrected chi connectivity index (χ2v) is 7.00. The number of anilines is 4. The first-order valence-corrected chi connectivity index (χ1v) is 9.41. The second kappa shape index (κ2) is 7.97. The number of aromatic nitrogens is 1. The third kappa shape index (κ3) is 3.98. The molecule has 140 valence electrons. The maximum atomic E-state index is 6.17. The highest BCUT2D eigenvalue weighted by Crippen LogP contribution is 2.33. The van der Waals surface area contributed by atoms with E-state index in [9.17, 15) is 0 Å². The standard InChI is InChI=1S/C22H17Cl2N3O/c1-28-16-8-10-20-17(12-16)21(25-15-7-9-18(23)19(24)11-15)13-22(27-20)26-14-5-3-2-4-6-14/h2-13H,1H3,(H2,25,26,27). The zero-order chi connectivity index (χ0) is 19.5. The van der Waals surface area contributed by atoms with Crippen LogP contribution in [-0.2, 0) is 0 Å². The van der Waals surface area contributed by atoms with Crippen LogP contribution in [0.25, 0.3) is 10.9 Å². The SMILES string of the molecule is COc1ccc2nc(Nc3ccccc3)cc(Nc3ccc(Cl)c(Cl)c3)c2c1. The summed E-state index contributed by atoms with van der Waals surface area (Å²) < 4.78 is 5.38. The summed E-state index contributed by atoms with van der Waals surface area (Å²) in [5.74, 6) is 1.49. The van der Waals surface area contributed by atoms with Crippen molar-refractivity contribution in [2.45, 2.75) is 0 Å². The monoisotopic (exact) mass is 409 g/mol. The molecule has 0 amide bonds. The molecule has 2 N–H and O–H groups in total. The molecule has 0 unspecified atom stereocenters. The van der Waals surface area contributed by atoms with Gasteiger partial charge in [0.05, 0.1) is 28.4 Å². The van der Waals surface area contributed by atoms with E-state index in [2.05, 4.69) is 10.6 Å². The Morgan fingerprint density at radius 2 is 1.61 bits per heavy atom. The average molecular weight is 410 g/mol. The molecule has 0 aliphatic carbocycles. The average Bonchev–Trinajstić information content (AvgIpc) is 2.71. The Morgan fingerprint density at radius 3 is 2.36 bits per heavy atom. The molecule has 0 fully saturated rings. The lowest BCUT2D eigenvalue weighted by molar-refractivity contribution is 0.415. The van der Waals surface area contributed by atoms with Crippen LogP contribution >= 0.6 is 23.2 Å². The van der Waals surface area contributed by atoms with E-state index in [4.69, 9.17) is 32.9 Å². The number of halogens is 2. The molecule has 0 aliphatic heterocycles. The van der Waals surface area contributed by atoms with Crippen LogP contribution in [-0.4, -0.2) is 12.1 Å². The Labute approximate surface area is 173 Å². The van der Waals surface area contributed by atoms with Gasteiger partial charge in [0.1, 0.15) is 11.6 Å². The molecule has 4 aromatic rings. The highest BCUT2D eigenvalue weighted by Gasteiger charge is 2.09. The maximum absolute atomic E-state index is 6.17. The minimum atomic E-state index is 0.491. The molecule has 1 heterocycles. The van der Waals surface area contributed by atoms with E-state index in [1.807, 2.05) is 60.7 Å². The van der Waals surface area contributed by atoms with Crippen molar-refractivity contribution in [2.24, 2.45) is 0 Å². The summed E-state index contributed by atoms with van der Waals surface area (Å²) >= 11 is 12.2. The third-order valence-corrected chi connectivity index (χ3v) is 5.00. The topological polar surface area (TPSA) is 46.2 Å². The number of fused-ring (bicyclic) bond motifs is 1. The highest BCUT2D eigenvalue weighted by atomic mass is 35.5. The van der Waals surface area contributed by atoms with E-state index in [0.717, 1.165) is 39.5 Å². The van der Waals surface area contributed by atoms with Crippen LogP contribution in [0.4, 0.5) is 22.9 Å². The van der Waals surface area contributed by atoms with Crippen molar-refractivity contribution in [3.8, 4) is 5.75 Å². The zero-order valence-corrected chi connectivity index (χ0v) is 16.6. The fraction of sp³-hybridized carbons (Fsp3) is 0.0455. The predicted molar refractivity (Wildman–Crippen MR) is 118 cm³/mol. The van der Waals surface area contributed by atoms with Gasteiger partial charge in [-0.05, 0) is 48.5 Å². The number of methoxy groups -OCH3 is 1. The van der Waals surface area contributed by atoms with E-state index >= 15 is 0 Å². The molecular weight excluding hydrogens is 393 g/mol. The normalized spacial score (nSPS) is 10.7. The van der Waals surface area contributed by atoms with Gasteiger partial charge in [0.15, 0.2) is 0 Å². The number of hydrogen-bond donors (Lipinski definition) is 2. The molecule has 0 bridgehead atoms. The number of ether oxygens (including phenoxy) is 1.